The van der Waals surface area contributed by atoms with Crippen molar-refractivity contribution in [2.24, 2.45) is 4.99 Å². The number of unbranched alkanes of at least 4 members (excludes halogenated alkanes) is 3. The van der Waals surface area contributed by atoms with Gasteiger partial charge in [0.05, 0.1) is 6.54 Å². The van der Waals surface area contributed by atoms with Crippen LogP contribution in [-0.2, 0) is 0 Å². The third-order valence-electron chi connectivity index (χ3n) is 4.11. The van der Waals surface area contributed by atoms with Gasteiger partial charge in [-0.1, -0.05) is 32.6 Å². The van der Waals surface area contributed by atoms with E-state index in [0.29, 0.717) is 31.5 Å². The molecule has 0 amide bonds. The molecule has 0 aromatic heterocycles. The van der Waals surface area contributed by atoms with Crippen LogP contribution in [0.3, 0.4) is 0 Å². The van der Waals surface area contributed by atoms with Gasteiger partial charge in [0.25, 0.3) is 0 Å². The summed E-state index contributed by atoms with van der Waals surface area (Å²) in [6.45, 7) is 4.36. The van der Waals surface area contributed by atoms with Gasteiger partial charge in [0.15, 0.2) is 5.96 Å². The Morgan fingerprint density at radius 2 is 2.00 bits per heavy atom. The Kier molecular flexibility index (Phi) is 12.0. The van der Waals surface area contributed by atoms with Crippen molar-refractivity contribution in [3.63, 3.8) is 0 Å². The second-order valence-electron chi connectivity index (χ2n) is 6.45. The minimum Gasteiger partial charge on any atom is -0.354 e. The number of nitrogens with zero attached hydrogens (tertiary/aromatic N) is 2. The molecule has 1 rings (SSSR count). The van der Waals surface area contributed by atoms with Gasteiger partial charge in [-0.25, -0.2) is 0 Å². The van der Waals surface area contributed by atoms with E-state index in [1.54, 1.807) is 7.05 Å². The topological polar surface area (TPSA) is 39.7 Å². The summed E-state index contributed by atoms with van der Waals surface area (Å²) < 4.78 is 37.2. The van der Waals surface area contributed by atoms with E-state index < -0.39 is 12.7 Å². The molecule has 0 aromatic rings. The number of likely N-dealkylation sites (tertiary alicyclic amines) is 1. The fourth-order valence-corrected chi connectivity index (χ4v) is 2.89. The van der Waals surface area contributed by atoms with Crippen molar-refractivity contribution in [2.45, 2.75) is 70.6 Å². The van der Waals surface area contributed by atoms with E-state index in [1.165, 1.54) is 30.6 Å². The predicted octanol–water partition coefficient (Wildman–Crippen LogP) is 3.76. The van der Waals surface area contributed by atoms with Crippen molar-refractivity contribution in [1.82, 2.24) is 15.5 Å². The molecule has 2 unspecified atom stereocenters. The summed E-state index contributed by atoms with van der Waals surface area (Å²) in [5.41, 5.74) is 0. The van der Waals surface area contributed by atoms with Gasteiger partial charge in [-0.15, -0.1) is 24.0 Å². The molecule has 2 atom stereocenters. The van der Waals surface area contributed by atoms with Crippen LogP contribution in [0.2, 0.25) is 0 Å². The van der Waals surface area contributed by atoms with Crippen LogP contribution in [0.15, 0.2) is 4.99 Å². The molecule has 2 N–H and O–H groups in total. The number of halogens is 4. The van der Waals surface area contributed by atoms with Crippen molar-refractivity contribution >= 4 is 29.9 Å². The zero-order chi connectivity index (χ0) is 17.3. The molecule has 24 heavy (non-hydrogen) atoms. The predicted molar refractivity (Wildman–Crippen MR) is 104 cm³/mol. The number of rotatable bonds is 8. The van der Waals surface area contributed by atoms with Crippen LogP contribution < -0.4 is 10.6 Å². The molecule has 4 nitrogen and oxygen atoms in total. The first kappa shape index (κ1) is 23.8. The highest BCUT2D eigenvalue weighted by molar-refractivity contribution is 14.0. The standard InChI is InChI=1S/C16H31F3N4.HI/c1-4-5-6-7-8-13(2)21-15(20-3)22-14-9-10-23(11-14)12-16(17,18)19;/h13-14H,4-12H2,1-3H3,(H2,20,21,22);1H. The van der Waals surface area contributed by atoms with E-state index in [2.05, 4.69) is 29.5 Å². The van der Waals surface area contributed by atoms with E-state index in [0.717, 1.165) is 6.42 Å². The Balaban J connectivity index is 0.00000529. The summed E-state index contributed by atoms with van der Waals surface area (Å²) in [4.78, 5) is 5.63. The van der Waals surface area contributed by atoms with Gasteiger partial charge in [-0.3, -0.25) is 9.89 Å². The summed E-state index contributed by atoms with van der Waals surface area (Å²) in [7, 11) is 1.70. The van der Waals surface area contributed by atoms with Gasteiger partial charge >= 0.3 is 6.18 Å². The smallest absolute Gasteiger partial charge is 0.354 e. The zero-order valence-corrected chi connectivity index (χ0v) is 17.3. The fraction of sp³-hybridized carbons (Fsp3) is 0.938. The summed E-state index contributed by atoms with van der Waals surface area (Å²) in [5, 5.41) is 6.58. The van der Waals surface area contributed by atoms with Gasteiger partial charge in [0.1, 0.15) is 0 Å². The first-order valence-corrected chi connectivity index (χ1v) is 8.63. The normalized spacial score (nSPS) is 20.6. The van der Waals surface area contributed by atoms with Crippen LogP contribution in [0.1, 0.15) is 52.4 Å². The van der Waals surface area contributed by atoms with Crippen molar-refractivity contribution in [1.29, 1.82) is 0 Å². The van der Waals surface area contributed by atoms with E-state index in [-0.39, 0.29) is 30.0 Å². The highest BCUT2D eigenvalue weighted by atomic mass is 127. The largest absolute Gasteiger partial charge is 0.401 e. The maximum Gasteiger partial charge on any atom is 0.401 e. The Hall–Kier alpha value is -0.250. The average molecular weight is 464 g/mol. The second-order valence-corrected chi connectivity index (χ2v) is 6.45. The molecule has 1 fully saturated rings. The maximum absolute atomic E-state index is 12.4. The summed E-state index contributed by atoms with van der Waals surface area (Å²) >= 11 is 0. The van der Waals surface area contributed by atoms with Crippen molar-refractivity contribution in [2.75, 3.05) is 26.7 Å². The molecular formula is C16H32F3IN4. The lowest BCUT2D eigenvalue weighted by Crippen LogP contribution is -2.47. The van der Waals surface area contributed by atoms with Crippen LogP contribution in [0.4, 0.5) is 13.2 Å². The molecule has 0 radical (unpaired) electrons. The van der Waals surface area contributed by atoms with Crippen molar-refractivity contribution in [3.8, 4) is 0 Å². The van der Waals surface area contributed by atoms with E-state index >= 15 is 0 Å². The number of alkyl halides is 3. The molecular weight excluding hydrogens is 432 g/mol. The van der Waals surface area contributed by atoms with E-state index in [4.69, 9.17) is 0 Å². The van der Waals surface area contributed by atoms with Crippen molar-refractivity contribution < 1.29 is 13.2 Å². The van der Waals surface area contributed by atoms with Gasteiger partial charge in [-0.05, 0) is 19.8 Å². The van der Waals surface area contributed by atoms with Crippen LogP contribution in [0, 0.1) is 0 Å². The van der Waals surface area contributed by atoms with Gasteiger partial charge in [0.2, 0.25) is 0 Å². The Morgan fingerprint density at radius 1 is 1.29 bits per heavy atom. The van der Waals surface area contributed by atoms with Gasteiger partial charge in [-0.2, -0.15) is 13.2 Å². The molecule has 144 valence electrons. The monoisotopic (exact) mass is 464 g/mol. The Morgan fingerprint density at radius 3 is 2.58 bits per heavy atom. The number of guanidine groups is 1. The molecule has 8 heteroatoms. The molecule has 1 heterocycles. The molecule has 1 aliphatic heterocycles. The first-order valence-electron chi connectivity index (χ1n) is 8.63. The van der Waals surface area contributed by atoms with Crippen LogP contribution in [-0.4, -0.2) is 55.8 Å². The SMILES string of the molecule is CCCCCCC(C)NC(=NC)NC1CCN(CC(F)(F)F)C1.I. The summed E-state index contributed by atoms with van der Waals surface area (Å²) in [6, 6.07) is 0.335. The molecule has 0 aliphatic carbocycles. The molecule has 1 aliphatic rings. The molecule has 1 saturated heterocycles. The molecule has 0 bridgehead atoms. The third-order valence-corrected chi connectivity index (χ3v) is 4.11. The van der Waals surface area contributed by atoms with Crippen LogP contribution in [0.25, 0.3) is 0 Å². The molecule has 0 aromatic carbocycles. The highest BCUT2D eigenvalue weighted by Crippen LogP contribution is 2.19. The minimum absolute atomic E-state index is 0. The lowest BCUT2D eigenvalue weighted by atomic mass is 10.1. The summed E-state index contributed by atoms with van der Waals surface area (Å²) in [6.07, 6.45) is 2.57. The van der Waals surface area contributed by atoms with Gasteiger partial charge < -0.3 is 10.6 Å². The third kappa shape index (κ3) is 10.6. The van der Waals surface area contributed by atoms with E-state index in [9.17, 15) is 13.2 Å². The highest BCUT2D eigenvalue weighted by Gasteiger charge is 2.34. The number of hydrogen-bond acceptors (Lipinski definition) is 2. The molecule has 0 saturated carbocycles. The lowest BCUT2D eigenvalue weighted by Gasteiger charge is -2.22. The fourth-order valence-electron chi connectivity index (χ4n) is 2.89. The maximum atomic E-state index is 12.4. The Labute approximate surface area is 161 Å². The lowest BCUT2D eigenvalue weighted by molar-refractivity contribution is -0.143. The van der Waals surface area contributed by atoms with Crippen LogP contribution in [0.5, 0.6) is 0 Å². The van der Waals surface area contributed by atoms with Crippen LogP contribution >= 0.6 is 24.0 Å². The number of nitrogens with one attached hydrogen (secondary N) is 2. The zero-order valence-electron chi connectivity index (χ0n) is 15.0. The summed E-state index contributed by atoms with van der Waals surface area (Å²) in [5.74, 6) is 0.687. The molecule has 0 spiro atoms. The second kappa shape index (κ2) is 12.2. The first-order chi connectivity index (χ1) is 10.8. The number of hydrogen-bond donors (Lipinski definition) is 2. The number of aliphatic imine (C=N–C) groups is 1. The Bertz CT molecular complexity index is 364. The van der Waals surface area contributed by atoms with E-state index in [1.807, 2.05) is 0 Å². The average Bonchev–Trinajstić information content (AvgIpc) is 2.87. The van der Waals surface area contributed by atoms with Crippen molar-refractivity contribution in [3.05, 3.63) is 0 Å². The minimum atomic E-state index is -4.12. The quantitative estimate of drug-likeness (QED) is 0.249. The van der Waals surface area contributed by atoms with Gasteiger partial charge in [0, 0.05) is 32.2 Å².